The number of aliphatic hydroxyl groups is 1. The first-order valence-corrected chi connectivity index (χ1v) is 4.71. The summed E-state index contributed by atoms with van der Waals surface area (Å²) in [5, 5.41) is 9.68. The molecule has 0 saturated heterocycles. The molecule has 2 heteroatoms. The number of rotatable bonds is 3. The van der Waals surface area contributed by atoms with Crippen molar-refractivity contribution in [3.8, 4) is 0 Å². The van der Waals surface area contributed by atoms with Crippen LogP contribution in [-0.2, 0) is 0 Å². The maximum Gasteiger partial charge on any atom is 0.123 e. The highest BCUT2D eigenvalue weighted by atomic mass is 19.1. The van der Waals surface area contributed by atoms with Crippen molar-refractivity contribution in [2.75, 3.05) is 0 Å². The average Bonchev–Trinajstić information content (AvgIpc) is 2.17. The first kappa shape index (κ1) is 10.9. The zero-order valence-corrected chi connectivity index (χ0v) is 8.50. The van der Waals surface area contributed by atoms with E-state index in [9.17, 15) is 9.50 Å². The molecule has 0 unspecified atom stereocenters. The second-order valence-corrected chi connectivity index (χ2v) is 3.60. The summed E-state index contributed by atoms with van der Waals surface area (Å²) in [7, 11) is 0. The van der Waals surface area contributed by atoms with Crippen molar-refractivity contribution >= 4 is 6.08 Å². The lowest BCUT2D eigenvalue weighted by Crippen LogP contribution is -2.18. The summed E-state index contributed by atoms with van der Waals surface area (Å²) in [6.45, 7) is 3.65. The van der Waals surface area contributed by atoms with Crippen molar-refractivity contribution in [3.63, 3.8) is 0 Å². The van der Waals surface area contributed by atoms with Gasteiger partial charge in [0.1, 0.15) is 5.82 Å². The standard InChI is InChI=1S/C12H15FO/c1-3-12(2,14)9-8-10-4-6-11(13)7-5-10/h4-9,14H,3H2,1-2H3/b9-8+/t12-/m1/s1. The summed E-state index contributed by atoms with van der Waals surface area (Å²) >= 11 is 0. The van der Waals surface area contributed by atoms with E-state index in [-0.39, 0.29) is 5.82 Å². The highest BCUT2D eigenvalue weighted by Gasteiger charge is 2.11. The van der Waals surface area contributed by atoms with E-state index in [4.69, 9.17) is 0 Å². The first-order valence-electron chi connectivity index (χ1n) is 4.71. The van der Waals surface area contributed by atoms with Crippen molar-refractivity contribution in [3.05, 3.63) is 41.7 Å². The van der Waals surface area contributed by atoms with E-state index < -0.39 is 5.60 Å². The Bertz CT molecular complexity index is 312. The predicted molar refractivity (Wildman–Crippen MR) is 56.3 cm³/mol. The molecule has 0 saturated carbocycles. The van der Waals surface area contributed by atoms with Crippen LogP contribution < -0.4 is 0 Å². The van der Waals surface area contributed by atoms with E-state index >= 15 is 0 Å². The molecule has 1 atom stereocenters. The monoisotopic (exact) mass is 194 g/mol. The summed E-state index contributed by atoms with van der Waals surface area (Å²) in [5.74, 6) is -0.246. The Morgan fingerprint density at radius 1 is 1.36 bits per heavy atom. The summed E-state index contributed by atoms with van der Waals surface area (Å²) in [6, 6.07) is 6.16. The Kier molecular flexibility index (Phi) is 3.42. The van der Waals surface area contributed by atoms with Crippen LogP contribution in [0.2, 0.25) is 0 Å². The van der Waals surface area contributed by atoms with Gasteiger partial charge >= 0.3 is 0 Å². The van der Waals surface area contributed by atoms with Crippen LogP contribution in [0.4, 0.5) is 4.39 Å². The normalized spacial score (nSPS) is 15.7. The van der Waals surface area contributed by atoms with Gasteiger partial charge in [-0.3, -0.25) is 0 Å². The van der Waals surface area contributed by atoms with E-state index in [1.165, 1.54) is 12.1 Å². The third-order valence-electron chi connectivity index (χ3n) is 2.22. The van der Waals surface area contributed by atoms with Gasteiger partial charge in [0.25, 0.3) is 0 Å². The van der Waals surface area contributed by atoms with E-state index in [0.717, 1.165) is 5.56 Å². The highest BCUT2D eigenvalue weighted by Crippen LogP contribution is 2.13. The van der Waals surface area contributed by atoms with Crippen molar-refractivity contribution in [2.24, 2.45) is 0 Å². The third kappa shape index (κ3) is 3.30. The van der Waals surface area contributed by atoms with Gasteiger partial charge in [-0.05, 0) is 31.0 Å². The molecular formula is C12H15FO. The summed E-state index contributed by atoms with van der Waals surface area (Å²) in [6.07, 6.45) is 4.17. The molecule has 1 N–H and O–H groups in total. The minimum Gasteiger partial charge on any atom is -0.386 e. The largest absolute Gasteiger partial charge is 0.386 e. The predicted octanol–water partition coefficient (Wildman–Crippen LogP) is 3.00. The van der Waals surface area contributed by atoms with Crippen LogP contribution in [-0.4, -0.2) is 10.7 Å². The van der Waals surface area contributed by atoms with Gasteiger partial charge in [0.05, 0.1) is 5.60 Å². The molecule has 14 heavy (non-hydrogen) atoms. The van der Waals surface area contributed by atoms with Crippen molar-refractivity contribution in [2.45, 2.75) is 25.9 Å². The van der Waals surface area contributed by atoms with Gasteiger partial charge in [0, 0.05) is 0 Å². The van der Waals surface area contributed by atoms with Crippen LogP contribution in [0.25, 0.3) is 6.08 Å². The lowest BCUT2D eigenvalue weighted by molar-refractivity contribution is 0.108. The van der Waals surface area contributed by atoms with E-state index in [1.807, 2.05) is 6.92 Å². The van der Waals surface area contributed by atoms with Gasteiger partial charge in [-0.2, -0.15) is 0 Å². The first-order chi connectivity index (χ1) is 6.53. The number of hydrogen-bond acceptors (Lipinski definition) is 1. The SMILES string of the molecule is CC[C@@](C)(O)/C=C/c1ccc(F)cc1. The van der Waals surface area contributed by atoms with Gasteiger partial charge in [-0.1, -0.05) is 31.2 Å². The van der Waals surface area contributed by atoms with Crippen LogP contribution in [0.5, 0.6) is 0 Å². The molecule has 0 aliphatic carbocycles. The minimum atomic E-state index is -0.783. The number of halogens is 1. The summed E-state index contributed by atoms with van der Waals surface area (Å²) < 4.78 is 12.6. The van der Waals surface area contributed by atoms with Crippen molar-refractivity contribution in [1.29, 1.82) is 0 Å². The Hall–Kier alpha value is -1.15. The second-order valence-electron chi connectivity index (χ2n) is 3.60. The van der Waals surface area contributed by atoms with Gasteiger partial charge in [-0.25, -0.2) is 4.39 Å². The molecule has 1 rings (SSSR count). The molecule has 1 nitrogen and oxygen atoms in total. The zero-order chi connectivity index (χ0) is 10.6. The fourth-order valence-electron chi connectivity index (χ4n) is 0.967. The van der Waals surface area contributed by atoms with Crippen LogP contribution >= 0.6 is 0 Å². The van der Waals surface area contributed by atoms with Gasteiger partial charge in [0.15, 0.2) is 0 Å². The molecule has 0 spiro atoms. The van der Waals surface area contributed by atoms with Crippen molar-refractivity contribution < 1.29 is 9.50 Å². The van der Waals surface area contributed by atoms with E-state index in [1.54, 1.807) is 31.2 Å². The molecular weight excluding hydrogens is 179 g/mol. The maximum atomic E-state index is 12.6. The Morgan fingerprint density at radius 3 is 2.43 bits per heavy atom. The van der Waals surface area contributed by atoms with E-state index in [2.05, 4.69) is 0 Å². The topological polar surface area (TPSA) is 20.2 Å². The van der Waals surface area contributed by atoms with Gasteiger partial charge in [0.2, 0.25) is 0 Å². The molecule has 0 amide bonds. The molecule has 76 valence electrons. The summed E-state index contributed by atoms with van der Waals surface area (Å²) in [4.78, 5) is 0. The molecule has 1 aromatic rings. The zero-order valence-electron chi connectivity index (χ0n) is 8.50. The van der Waals surface area contributed by atoms with Gasteiger partial charge in [-0.15, -0.1) is 0 Å². The fraction of sp³-hybridized carbons (Fsp3) is 0.333. The molecule has 0 bridgehead atoms. The molecule has 0 aliphatic heterocycles. The number of hydrogen-bond donors (Lipinski definition) is 1. The quantitative estimate of drug-likeness (QED) is 0.784. The van der Waals surface area contributed by atoms with E-state index in [0.29, 0.717) is 6.42 Å². The summed E-state index contributed by atoms with van der Waals surface area (Å²) in [5.41, 5.74) is 0.106. The Balaban J connectivity index is 2.74. The lowest BCUT2D eigenvalue weighted by Gasteiger charge is -2.15. The fourth-order valence-corrected chi connectivity index (χ4v) is 0.967. The average molecular weight is 194 g/mol. The van der Waals surface area contributed by atoms with Crippen LogP contribution in [0.1, 0.15) is 25.8 Å². The Labute approximate surface area is 83.9 Å². The van der Waals surface area contributed by atoms with Crippen LogP contribution in [0.15, 0.2) is 30.3 Å². The number of benzene rings is 1. The molecule has 0 aromatic heterocycles. The molecule has 0 heterocycles. The molecule has 0 fully saturated rings. The van der Waals surface area contributed by atoms with Gasteiger partial charge < -0.3 is 5.11 Å². The molecule has 1 aromatic carbocycles. The van der Waals surface area contributed by atoms with Crippen molar-refractivity contribution in [1.82, 2.24) is 0 Å². The van der Waals surface area contributed by atoms with Crippen LogP contribution in [0.3, 0.4) is 0 Å². The molecule has 0 radical (unpaired) electrons. The third-order valence-corrected chi connectivity index (χ3v) is 2.22. The lowest BCUT2D eigenvalue weighted by atomic mass is 10.0. The Morgan fingerprint density at radius 2 is 1.93 bits per heavy atom. The van der Waals surface area contributed by atoms with Crippen LogP contribution in [0, 0.1) is 5.82 Å². The minimum absolute atomic E-state index is 0.246. The highest BCUT2D eigenvalue weighted by molar-refractivity contribution is 5.50. The molecule has 0 aliphatic rings. The maximum absolute atomic E-state index is 12.6. The second kappa shape index (κ2) is 4.38. The smallest absolute Gasteiger partial charge is 0.123 e.